The van der Waals surface area contributed by atoms with Gasteiger partial charge < -0.3 is 9.32 Å². The fourth-order valence-electron chi connectivity index (χ4n) is 8.87. The number of hydrogen-bond donors (Lipinski definition) is 0. The molecule has 0 radical (unpaired) electrons. The lowest BCUT2D eigenvalue weighted by molar-refractivity contribution is 0.660. The predicted octanol–water partition coefficient (Wildman–Crippen LogP) is 14.3. The summed E-state index contributed by atoms with van der Waals surface area (Å²) in [5, 5.41) is 3.22. The molecule has 0 fully saturated rings. The zero-order valence-corrected chi connectivity index (χ0v) is 31.6. The van der Waals surface area contributed by atoms with E-state index in [2.05, 4.69) is 183 Å². The molecule has 57 heavy (non-hydrogen) atoms. The van der Waals surface area contributed by atoms with Gasteiger partial charge in [0.2, 0.25) is 0 Å². The quantitative estimate of drug-likeness (QED) is 0.171. The normalized spacial score (nSPS) is 12.9. The molecule has 0 unspecified atom stereocenters. The van der Waals surface area contributed by atoms with Crippen molar-refractivity contribution >= 4 is 49.9 Å². The average Bonchev–Trinajstić information content (AvgIpc) is 3.77. The highest BCUT2D eigenvalue weighted by Crippen LogP contribution is 2.55. The van der Waals surface area contributed by atoms with Gasteiger partial charge in [-0.05, 0) is 76.3 Å². The molecule has 2 heterocycles. The molecule has 1 aliphatic rings. The first-order valence-corrected chi connectivity index (χ1v) is 19.5. The van der Waals surface area contributed by atoms with Crippen LogP contribution in [0.1, 0.15) is 25.0 Å². The molecule has 10 aromatic rings. The number of nitrogens with zero attached hydrogens (tertiary/aromatic N) is 3. The number of anilines is 3. The summed E-state index contributed by atoms with van der Waals surface area (Å²) in [6, 6.07) is 66.4. The standard InChI is InChI=1S/C53H37N3O/c1-53(2)43-20-9-6-17-41(43)49-44(53)21-13-23-46(49)56(47-24-12-19-40-39-16-8-11-25-48(39)57-51(40)47)38-32-30-37(31-33-38)52-54-45-22-10-7-18-42(45)50(55-52)36-28-26-35(27-29-36)34-14-4-3-5-15-34/h3-33H,1-2H3. The van der Waals surface area contributed by atoms with E-state index in [9.17, 15) is 0 Å². The Morgan fingerprint density at radius 3 is 1.91 bits per heavy atom. The predicted molar refractivity (Wildman–Crippen MR) is 235 cm³/mol. The van der Waals surface area contributed by atoms with Crippen LogP contribution in [-0.4, -0.2) is 9.97 Å². The Morgan fingerprint density at radius 1 is 0.456 bits per heavy atom. The number of hydrogen-bond acceptors (Lipinski definition) is 4. The van der Waals surface area contributed by atoms with Crippen molar-refractivity contribution in [2.75, 3.05) is 4.90 Å². The van der Waals surface area contributed by atoms with Crippen LogP contribution in [-0.2, 0) is 5.41 Å². The van der Waals surface area contributed by atoms with Crippen LogP contribution in [0.25, 0.3) is 77.7 Å². The van der Waals surface area contributed by atoms with Crippen molar-refractivity contribution in [1.82, 2.24) is 9.97 Å². The Hall–Kier alpha value is -7.30. The van der Waals surface area contributed by atoms with Crippen molar-refractivity contribution in [1.29, 1.82) is 0 Å². The highest BCUT2D eigenvalue weighted by molar-refractivity contribution is 6.11. The molecular formula is C53H37N3O. The fraction of sp³-hybridized carbons (Fsp3) is 0.0566. The van der Waals surface area contributed by atoms with E-state index in [1.165, 1.54) is 33.4 Å². The van der Waals surface area contributed by atoms with Gasteiger partial charge in [-0.3, -0.25) is 0 Å². The summed E-state index contributed by atoms with van der Waals surface area (Å²) in [6.07, 6.45) is 0. The average molecular weight is 732 g/mol. The molecule has 1 aliphatic carbocycles. The van der Waals surface area contributed by atoms with Gasteiger partial charge in [-0.25, -0.2) is 9.97 Å². The molecule has 0 saturated carbocycles. The monoisotopic (exact) mass is 731 g/mol. The van der Waals surface area contributed by atoms with E-state index in [1.807, 2.05) is 24.3 Å². The number of fused-ring (bicyclic) bond motifs is 7. The molecule has 0 amide bonds. The Balaban J connectivity index is 1.07. The molecule has 0 spiro atoms. The van der Waals surface area contributed by atoms with Gasteiger partial charge in [-0.15, -0.1) is 0 Å². The molecule has 0 bridgehead atoms. The van der Waals surface area contributed by atoms with Crippen LogP contribution in [0.3, 0.4) is 0 Å². The van der Waals surface area contributed by atoms with Gasteiger partial charge in [0.1, 0.15) is 5.58 Å². The van der Waals surface area contributed by atoms with Crippen molar-refractivity contribution in [2.24, 2.45) is 0 Å². The Bertz CT molecular complexity index is 3140. The summed E-state index contributed by atoms with van der Waals surface area (Å²) >= 11 is 0. The zero-order valence-electron chi connectivity index (χ0n) is 31.6. The third-order valence-electron chi connectivity index (χ3n) is 11.7. The number of aromatic nitrogens is 2. The van der Waals surface area contributed by atoms with E-state index in [-0.39, 0.29) is 5.41 Å². The first-order valence-electron chi connectivity index (χ1n) is 19.5. The number of para-hydroxylation sites is 3. The fourth-order valence-corrected chi connectivity index (χ4v) is 8.87. The number of furan rings is 1. The van der Waals surface area contributed by atoms with E-state index in [4.69, 9.17) is 14.4 Å². The maximum Gasteiger partial charge on any atom is 0.160 e. The molecule has 270 valence electrons. The minimum Gasteiger partial charge on any atom is -0.454 e. The molecule has 0 aliphatic heterocycles. The summed E-state index contributed by atoms with van der Waals surface area (Å²) in [4.78, 5) is 12.7. The summed E-state index contributed by atoms with van der Waals surface area (Å²) in [5.74, 6) is 0.685. The summed E-state index contributed by atoms with van der Waals surface area (Å²) < 4.78 is 6.70. The second-order valence-electron chi connectivity index (χ2n) is 15.4. The molecule has 0 saturated heterocycles. The van der Waals surface area contributed by atoms with Gasteiger partial charge in [0.15, 0.2) is 11.4 Å². The highest BCUT2D eigenvalue weighted by atomic mass is 16.3. The summed E-state index contributed by atoms with van der Waals surface area (Å²) in [7, 11) is 0. The molecule has 2 aromatic heterocycles. The van der Waals surface area contributed by atoms with Gasteiger partial charge >= 0.3 is 0 Å². The maximum absolute atomic E-state index is 6.70. The minimum absolute atomic E-state index is 0.143. The van der Waals surface area contributed by atoms with Crippen molar-refractivity contribution in [3.05, 3.63) is 199 Å². The van der Waals surface area contributed by atoms with Crippen molar-refractivity contribution in [3.8, 4) is 44.9 Å². The van der Waals surface area contributed by atoms with E-state index < -0.39 is 0 Å². The smallest absolute Gasteiger partial charge is 0.160 e. The molecule has 0 atom stereocenters. The minimum atomic E-state index is -0.143. The van der Waals surface area contributed by atoms with Crippen molar-refractivity contribution in [3.63, 3.8) is 0 Å². The van der Waals surface area contributed by atoms with Crippen LogP contribution in [0.5, 0.6) is 0 Å². The van der Waals surface area contributed by atoms with Crippen LogP contribution in [0.15, 0.2) is 192 Å². The SMILES string of the molecule is CC1(C)c2ccccc2-c2c(N(c3ccc(-c4nc(-c5ccc(-c6ccccc6)cc5)c5ccccc5n4)cc3)c3cccc4c3oc3ccccc34)cccc21. The second kappa shape index (κ2) is 12.9. The third kappa shape index (κ3) is 5.29. The first-order chi connectivity index (χ1) is 28.0. The van der Waals surface area contributed by atoms with Crippen LogP contribution in [0.2, 0.25) is 0 Å². The number of benzene rings is 8. The maximum atomic E-state index is 6.70. The van der Waals surface area contributed by atoms with Crippen LogP contribution < -0.4 is 4.90 Å². The Labute approximate surface area is 331 Å². The lowest BCUT2D eigenvalue weighted by Gasteiger charge is -2.29. The second-order valence-corrected chi connectivity index (χ2v) is 15.4. The Morgan fingerprint density at radius 2 is 1.07 bits per heavy atom. The lowest BCUT2D eigenvalue weighted by Crippen LogP contribution is -2.16. The highest BCUT2D eigenvalue weighted by Gasteiger charge is 2.38. The van der Waals surface area contributed by atoms with Crippen LogP contribution >= 0.6 is 0 Å². The summed E-state index contributed by atoms with van der Waals surface area (Å²) in [6.45, 7) is 4.66. The van der Waals surface area contributed by atoms with Gasteiger partial charge in [0, 0.05) is 44.0 Å². The van der Waals surface area contributed by atoms with Gasteiger partial charge in [0.25, 0.3) is 0 Å². The third-order valence-corrected chi connectivity index (χ3v) is 11.7. The summed E-state index contributed by atoms with van der Waals surface area (Å²) in [5.41, 5.74) is 16.0. The number of rotatable bonds is 6. The lowest BCUT2D eigenvalue weighted by atomic mass is 9.82. The van der Waals surface area contributed by atoms with E-state index in [0.717, 1.165) is 66.7 Å². The van der Waals surface area contributed by atoms with Gasteiger partial charge in [-0.1, -0.05) is 153 Å². The van der Waals surface area contributed by atoms with E-state index in [1.54, 1.807) is 0 Å². The largest absolute Gasteiger partial charge is 0.454 e. The molecule has 4 nitrogen and oxygen atoms in total. The first kappa shape index (κ1) is 33.1. The van der Waals surface area contributed by atoms with E-state index >= 15 is 0 Å². The van der Waals surface area contributed by atoms with E-state index in [0.29, 0.717) is 5.82 Å². The molecule has 0 N–H and O–H groups in total. The zero-order chi connectivity index (χ0) is 38.1. The molecule has 4 heteroatoms. The molecule has 11 rings (SSSR count). The van der Waals surface area contributed by atoms with Gasteiger partial charge in [-0.2, -0.15) is 0 Å². The van der Waals surface area contributed by atoms with Crippen LogP contribution in [0, 0.1) is 0 Å². The molecular weight excluding hydrogens is 695 g/mol. The molecule has 8 aromatic carbocycles. The van der Waals surface area contributed by atoms with Crippen molar-refractivity contribution < 1.29 is 4.42 Å². The topological polar surface area (TPSA) is 42.2 Å². The van der Waals surface area contributed by atoms with Gasteiger partial charge in [0.05, 0.1) is 22.6 Å². The Kier molecular flexibility index (Phi) is 7.48. The van der Waals surface area contributed by atoms with Crippen molar-refractivity contribution in [2.45, 2.75) is 19.3 Å². The van der Waals surface area contributed by atoms with Crippen LogP contribution in [0.4, 0.5) is 17.1 Å².